The van der Waals surface area contributed by atoms with E-state index in [0.717, 1.165) is 18.8 Å². The van der Waals surface area contributed by atoms with E-state index < -0.39 is 5.97 Å². The summed E-state index contributed by atoms with van der Waals surface area (Å²) in [6, 6.07) is 1.84. The minimum atomic E-state index is -0.823. The van der Waals surface area contributed by atoms with Crippen LogP contribution in [0, 0.1) is 5.92 Å². The van der Waals surface area contributed by atoms with Crippen LogP contribution in [0.2, 0.25) is 0 Å². The minimum absolute atomic E-state index is 0.0719. The molecule has 0 amide bonds. The molecule has 0 fully saturated rings. The van der Waals surface area contributed by atoms with E-state index in [-0.39, 0.29) is 6.42 Å². The number of anilines is 2. The van der Waals surface area contributed by atoms with Gasteiger partial charge in [0.1, 0.15) is 18.0 Å². The van der Waals surface area contributed by atoms with Gasteiger partial charge < -0.3 is 15.3 Å². The quantitative estimate of drug-likeness (QED) is 0.747. The lowest BCUT2D eigenvalue weighted by molar-refractivity contribution is -0.136. The zero-order valence-corrected chi connectivity index (χ0v) is 11.8. The van der Waals surface area contributed by atoms with E-state index in [0.29, 0.717) is 18.3 Å². The Morgan fingerprint density at radius 2 is 2.21 bits per heavy atom. The normalized spacial score (nSPS) is 10.5. The first-order chi connectivity index (χ1) is 8.99. The molecule has 6 nitrogen and oxygen atoms in total. The van der Waals surface area contributed by atoms with E-state index >= 15 is 0 Å². The molecule has 0 aromatic carbocycles. The number of aromatic nitrogens is 2. The summed E-state index contributed by atoms with van der Waals surface area (Å²) < 4.78 is 0. The Bertz CT molecular complexity index is 409. The van der Waals surface area contributed by atoms with Gasteiger partial charge in [0.2, 0.25) is 0 Å². The van der Waals surface area contributed by atoms with Crippen molar-refractivity contribution in [3.05, 3.63) is 12.4 Å². The Balaban J connectivity index is 2.53. The Morgan fingerprint density at radius 3 is 2.84 bits per heavy atom. The number of carboxylic acid groups (broad SMARTS) is 1. The molecule has 1 aromatic heterocycles. The fraction of sp³-hybridized carbons (Fsp3) is 0.615. The second-order valence-electron chi connectivity index (χ2n) is 4.94. The summed E-state index contributed by atoms with van der Waals surface area (Å²) in [5, 5.41) is 11.6. The number of carbonyl (C=O) groups is 1. The van der Waals surface area contributed by atoms with Crippen LogP contribution in [-0.2, 0) is 4.79 Å². The van der Waals surface area contributed by atoms with Crippen molar-refractivity contribution in [1.29, 1.82) is 0 Å². The van der Waals surface area contributed by atoms with Crippen molar-refractivity contribution in [2.75, 3.05) is 30.4 Å². The molecule has 0 radical (unpaired) electrons. The molecule has 0 saturated carbocycles. The smallest absolute Gasteiger partial charge is 0.305 e. The molecule has 2 N–H and O–H groups in total. The first-order valence-corrected chi connectivity index (χ1v) is 6.48. The molecule has 0 aliphatic rings. The molecule has 0 saturated heterocycles. The van der Waals surface area contributed by atoms with Crippen LogP contribution in [0.5, 0.6) is 0 Å². The molecule has 106 valence electrons. The first-order valence-electron chi connectivity index (χ1n) is 6.48. The van der Waals surface area contributed by atoms with Crippen molar-refractivity contribution < 1.29 is 9.90 Å². The van der Waals surface area contributed by atoms with Crippen LogP contribution in [0.25, 0.3) is 0 Å². The minimum Gasteiger partial charge on any atom is -0.481 e. The Morgan fingerprint density at radius 1 is 1.47 bits per heavy atom. The molecule has 0 aliphatic heterocycles. The zero-order valence-electron chi connectivity index (χ0n) is 11.8. The average Bonchev–Trinajstić information content (AvgIpc) is 2.36. The van der Waals surface area contributed by atoms with E-state index in [1.54, 1.807) is 0 Å². The Kier molecular flexibility index (Phi) is 6.05. The van der Waals surface area contributed by atoms with Crippen LogP contribution < -0.4 is 10.2 Å². The van der Waals surface area contributed by atoms with Crippen molar-refractivity contribution in [2.24, 2.45) is 5.92 Å². The topological polar surface area (TPSA) is 78.4 Å². The number of rotatable bonds is 8. The molecule has 6 heteroatoms. The molecule has 19 heavy (non-hydrogen) atoms. The zero-order chi connectivity index (χ0) is 14.3. The molecular formula is C13H22N4O2. The maximum Gasteiger partial charge on any atom is 0.305 e. The summed E-state index contributed by atoms with van der Waals surface area (Å²) in [5.41, 5.74) is 0. The molecule has 0 bridgehead atoms. The van der Waals surface area contributed by atoms with Gasteiger partial charge in [-0.1, -0.05) is 13.8 Å². The van der Waals surface area contributed by atoms with Gasteiger partial charge in [0.15, 0.2) is 0 Å². The monoisotopic (exact) mass is 266 g/mol. The number of hydrogen-bond acceptors (Lipinski definition) is 5. The fourth-order valence-electron chi connectivity index (χ4n) is 1.52. The molecule has 0 aliphatic carbocycles. The van der Waals surface area contributed by atoms with Crippen LogP contribution >= 0.6 is 0 Å². The van der Waals surface area contributed by atoms with Gasteiger partial charge in [0, 0.05) is 26.2 Å². The molecule has 0 atom stereocenters. The SMILES string of the molecule is CC(C)CCN(C)c1cc(NCCC(=O)O)ncn1. The average molecular weight is 266 g/mol. The highest BCUT2D eigenvalue weighted by molar-refractivity contribution is 5.67. The van der Waals surface area contributed by atoms with E-state index in [2.05, 4.69) is 34.0 Å². The number of nitrogens with zero attached hydrogens (tertiary/aromatic N) is 3. The van der Waals surface area contributed by atoms with E-state index in [1.807, 2.05) is 13.1 Å². The standard InChI is InChI=1S/C13H22N4O2/c1-10(2)5-7-17(3)12-8-11(15-9-16-12)14-6-4-13(18)19/h8-10H,4-7H2,1-3H3,(H,18,19)(H,14,15,16). The largest absolute Gasteiger partial charge is 0.481 e. The maximum absolute atomic E-state index is 10.4. The maximum atomic E-state index is 10.4. The van der Waals surface area contributed by atoms with Gasteiger partial charge in [-0.05, 0) is 12.3 Å². The van der Waals surface area contributed by atoms with Crippen LogP contribution in [0.1, 0.15) is 26.7 Å². The Labute approximate surface area is 113 Å². The van der Waals surface area contributed by atoms with Gasteiger partial charge in [0.25, 0.3) is 0 Å². The summed E-state index contributed by atoms with van der Waals surface area (Å²) in [4.78, 5) is 20.8. The molecule has 0 spiro atoms. The first kappa shape index (κ1) is 15.2. The second kappa shape index (κ2) is 7.56. The third-order valence-electron chi connectivity index (χ3n) is 2.73. The molecule has 1 rings (SSSR count). The number of nitrogens with one attached hydrogen (secondary N) is 1. The lowest BCUT2D eigenvalue weighted by atomic mass is 10.1. The molecule has 1 aromatic rings. The highest BCUT2D eigenvalue weighted by Crippen LogP contribution is 2.14. The van der Waals surface area contributed by atoms with Gasteiger partial charge in [-0.15, -0.1) is 0 Å². The second-order valence-corrected chi connectivity index (χ2v) is 4.94. The third-order valence-corrected chi connectivity index (χ3v) is 2.73. The van der Waals surface area contributed by atoms with Gasteiger partial charge >= 0.3 is 5.97 Å². The lowest BCUT2D eigenvalue weighted by Gasteiger charge is -2.19. The van der Waals surface area contributed by atoms with Crippen LogP contribution in [-0.4, -0.2) is 41.2 Å². The van der Waals surface area contributed by atoms with Crippen LogP contribution in [0.4, 0.5) is 11.6 Å². The predicted octanol–water partition coefficient (Wildman–Crippen LogP) is 1.85. The summed E-state index contributed by atoms with van der Waals surface area (Å²) in [7, 11) is 1.99. The summed E-state index contributed by atoms with van der Waals surface area (Å²) >= 11 is 0. The van der Waals surface area contributed by atoms with Gasteiger partial charge in [0.05, 0.1) is 6.42 Å². The number of hydrogen-bond donors (Lipinski definition) is 2. The molecular weight excluding hydrogens is 244 g/mol. The Hall–Kier alpha value is -1.85. The predicted molar refractivity (Wildman–Crippen MR) is 75.5 cm³/mol. The summed E-state index contributed by atoms with van der Waals surface area (Å²) in [6.45, 7) is 5.67. The molecule has 1 heterocycles. The third kappa shape index (κ3) is 6.03. The van der Waals surface area contributed by atoms with Gasteiger partial charge in [-0.25, -0.2) is 9.97 Å². The number of aliphatic carboxylic acids is 1. The van der Waals surface area contributed by atoms with Crippen molar-refractivity contribution in [1.82, 2.24) is 9.97 Å². The highest BCUT2D eigenvalue weighted by atomic mass is 16.4. The van der Waals surface area contributed by atoms with Crippen molar-refractivity contribution >= 4 is 17.6 Å². The van der Waals surface area contributed by atoms with Crippen molar-refractivity contribution in [3.63, 3.8) is 0 Å². The van der Waals surface area contributed by atoms with E-state index in [9.17, 15) is 4.79 Å². The number of carboxylic acids is 1. The summed E-state index contributed by atoms with van der Waals surface area (Å²) in [5.74, 6) is 1.32. The van der Waals surface area contributed by atoms with Crippen LogP contribution in [0.15, 0.2) is 12.4 Å². The van der Waals surface area contributed by atoms with Gasteiger partial charge in [-0.2, -0.15) is 0 Å². The van der Waals surface area contributed by atoms with E-state index in [4.69, 9.17) is 5.11 Å². The van der Waals surface area contributed by atoms with Gasteiger partial charge in [-0.3, -0.25) is 4.79 Å². The summed E-state index contributed by atoms with van der Waals surface area (Å²) in [6.07, 6.45) is 2.66. The fourth-order valence-corrected chi connectivity index (χ4v) is 1.52. The van der Waals surface area contributed by atoms with E-state index in [1.165, 1.54) is 6.33 Å². The molecule has 0 unspecified atom stereocenters. The van der Waals surface area contributed by atoms with Crippen molar-refractivity contribution in [2.45, 2.75) is 26.7 Å². The lowest BCUT2D eigenvalue weighted by Crippen LogP contribution is -2.21. The van der Waals surface area contributed by atoms with Crippen molar-refractivity contribution in [3.8, 4) is 0 Å². The highest BCUT2D eigenvalue weighted by Gasteiger charge is 2.05. The van der Waals surface area contributed by atoms with Crippen LogP contribution in [0.3, 0.4) is 0 Å².